The van der Waals surface area contributed by atoms with Crippen molar-refractivity contribution >= 4 is 29.2 Å². The Balaban J connectivity index is 3.01. The molecule has 0 aromatic heterocycles. The predicted molar refractivity (Wildman–Crippen MR) is 72.0 cm³/mol. The highest BCUT2D eigenvalue weighted by Gasteiger charge is 2.13. The van der Waals surface area contributed by atoms with Crippen LogP contribution >= 0.6 is 11.6 Å². The minimum atomic E-state index is -0.250. The van der Waals surface area contributed by atoms with E-state index in [1.807, 2.05) is 26.0 Å². The number of aryl methyl sites for hydroxylation is 1. The van der Waals surface area contributed by atoms with E-state index in [0.29, 0.717) is 11.6 Å². The lowest BCUT2D eigenvalue weighted by atomic mass is 10.2. The average molecular weight is 254 g/mol. The first-order valence-corrected chi connectivity index (χ1v) is 5.56. The number of hydrogen-bond acceptors (Lipinski definition) is 2. The van der Waals surface area contributed by atoms with Gasteiger partial charge in [-0.3, -0.25) is 16.1 Å². The molecule has 0 heterocycles. The van der Waals surface area contributed by atoms with Crippen LogP contribution in [-0.2, 0) is 0 Å². The van der Waals surface area contributed by atoms with Crippen molar-refractivity contribution < 1.29 is 0 Å². The van der Waals surface area contributed by atoms with Gasteiger partial charge < -0.3 is 10.6 Å². The molecule has 0 amide bonds. The van der Waals surface area contributed by atoms with Crippen molar-refractivity contribution in [3.63, 3.8) is 0 Å². The highest BCUT2D eigenvalue weighted by atomic mass is 35.5. The molecule has 1 aromatic rings. The van der Waals surface area contributed by atoms with Crippen LogP contribution in [-0.4, -0.2) is 18.5 Å². The van der Waals surface area contributed by atoms with Gasteiger partial charge in [0.25, 0.3) is 0 Å². The van der Waals surface area contributed by atoms with Crippen molar-refractivity contribution in [2.75, 3.05) is 11.4 Å². The zero-order valence-corrected chi connectivity index (χ0v) is 10.6. The van der Waals surface area contributed by atoms with Gasteiger partial charge in [-0.15, -0.1) is 0 Å². The zero-order chi connectivity index (χ0) is 13.0. The van der Waals surface area contributed by atoms with Crippen LogP contribution in [0.1, 0.15) is 12.5 Å². The van der Waals surface area contributed by atoms with Gasteiger partial charge in [0, 0.05) is 17.3 Å². The van der Waals surface area contributed by atoms with Crippen LogP contribution in [0.5, 0.6) is 0 Å². The number of anilines is 1. The lowest BCUT2D eigenvalue weighted by Gasteiger charge is -2.25. The Morgan fingerprint density at radius 3 is 2.59 bits per heavy atom. The van der Waals surface area contributed by atoms with E-state index in [2.05, 4.69) is 5.32 Å². The van der Waals surface area contributed by atoms with Gasteiger partial charge in [-0.25, -0.2) is 0 Å². The van der Waals surface area contributed by atoms with Gasteiger partial charge in [0.2, 0.25) is 5.96 Å². The van der Waals surface area contributed by atoms with E-state index in [1.54, 1.807) is 11.0 Å². The van der Waals surface area contributed by atoms with Gasteiger partial charge in [-0.1, -0.05) is 11.6 Å². The molecule has 0 radical (unpaired) electrons. The molecule has 0 saturated carbocycles. The van der Waals surface area contributed by atoms with E-state index in [1.165, 1.54) is 0 Å². The van der Waals surface area contributed by atoms with Crippen LogP contribution in [0.15, 0.2) is 18.2 Å². The minimum Gasteiger partial charge on any atom is -0.370 e. The molecule has 0 saturated heterocycles. The Morgan fingerprint density at radius 1 is 1.47 bits per heavy atom. The summed E-state index contributed by atoms with van der Waals surface area (Å²) < 4.78 is 0. The van der Waals surface area contributed by atoms with Gasteiger partial charge in [0.1, 0.15) is 0 Å². The third kappa shape index (κ3) is 3.35. The standard InChI is InChI=1S/C11H16ClN5/c1-3-17(11(15)16-10(13)14)9-5-4-8(12)6-7(9)2/h4-6H,3H2,1-2H3,(H5,13,14,15,16). The fourth-order valence-electron chi connectivity index (χ4n) is 1.57. The first-order valence-electron chi connectivity index (χ1n) is 5.19. The smallest absolute Gasteiger partial charge is 0.202 e. The van der Waals surface area contributed by atoms with Gasteiger partial charge >= 0.3 is 0 Å². The number of nitrogens with two attached hydrogens (primary N) is 1. The Bertz CT molecular complexity index is 443. The summed E-state index contributed by atoms with van der Waals surface area (Å²) in [6, 6.07) is 5.45. The van der Waals surface area contributed by atoms with Crippen molar-refractivity contribution in [1.82, 2.24) is 5.32 Å². The van der Waals surface area contributed by atoms with Crippen LogP contribution < -0.4 is 16.0 Å². The van der Waals surface area contributed by atoms with E-state index in [0.717, 1.165) is 11.3 Å². The number of rotatable bonds is 2. The first kappa shape index (κ1) is 13.3. The lowest BCUT2D eigenvalue weighted by molar-refractivity contribution is 0.994. The number of hydrogen-bond donors (Lipinski definition) is 4. The molecule has 6 heteroatoms. The number of nitrogens with one attached hydrogen (secondary N) is 3. The predicted octanol–water partition coefficient (Wildman–Crippen LogP) is 1.89. The molecule has 0 aliphatic carbocycles. The molecule has 0 bridgehead atoms. The quantitative estimate of drug-likeness (QED) is 0.479. The summed E-state index contributed by atoms with van der Waals surface area (Å²) >= 11 is 5.89. The molecule has 0 aliphatic heterocycles. The van der Waals surface area contributed by atoms with Crippen molar-refractivity contribution in [3.8, 4) is 0 Å². The molecular weight excluding hydrogens is 238 g/mol. The van der Waals surface area contributed by atoms with Crippen LogP contribution in [0.25, 0.3) is 0 Å². The summed E-state index contributed by atoms with van der Waals surface area (Å²) in [5, 5.41) is 18.1. The van der Waals surface area contributed by atoms with E-state index in [9.17, 15) is 0 Å². The summed E-state index contributed by atoms with van der Waals surface area (Å²) in [4.78, 5) is 1.72. The van der Waals surface area contributed by atoms with E-state index in [-0.39, 0.29) is 11.9 Å². The maximum atomic E-state index is 7.83. The molecule has 0 aliphatic rings. The van der Waals surface area contributed by atoms with Crippen molar-refractivity contribution in [2.45, 2.75) is 13.8 Å². The number of guanidine groups is 2. The van der Waals surface area contributed by atoms with Crippen molar-refractivity contribution in [1.29, 1.82) is 10.8 Å². The normalized spacial score (nSPS) is 9.82. The van der Waals surface area contributed by atoms with Crippen molar-refractivity contribution in [3.05, 3.63) is 28.8 Å². The Kier molecular flexibility index (Phi) is 4.34. The molecule has 5 N–H and O–H groups in total. The van der Waals surface area contributed by atoms with Gasteiger partial charge in [-0.2, -0.15) is 0 Å². The second-order valence-corrected chi connectivity index (χ2v) is 4.00. The monoisotopic (exact) mass is 253 g/mol. The minimum absolute atomic E-state index is 0.0745. The third-order valence-electron chi connectivity index (χ3n) is 2.29. The number of nitrogens with zero attached hydrogens (tertiary/aromatic N) is 1. The maximum absolute atomic E-state index is 7.83. The maximum Gasteiger partial charge on any atom is 0.202 e. The largest absolute Gasteiger partial charge is 0.370 e. The second kappa shape index (κ2) is 5.54. The molecule has 17 heavy (non-hydrogen) atoms. The fourth-order valence-corrected chi connectivity index (χ4v) is 1.79. The van der Waals surface area contributed by atoms with Crippen LogP contribution in [0.4, 0.5) is 5.69 Å². The molecule has 0 fully saturated rings. The SMILES string of the molecule is CCN(C(=N)NC(=N)N)c1ccc(Cl)cc1C. The molecule has 1 aromatic carbocycles. The average Bonchev–Trinajstić information content (AvgIpc) is 2.21. The summed E-state index contributed by atoms with van der Waals surface area (Å²) in [5.74, 6) is -0.175. The molecule has 0 atom stereocenters. The van der Waals surface area contributed by atoms with E-state index >= 15 is 0 Å². The van der Waals surface area contributed by atoms with Crippen molar-refractivity contribution in [2.24, 2.45) is 5.73 Å². The van der Waals surface area contributed by atoms with Crippen LogP contribution in [0.3, 0.4) is 0 Å². The fraction of sp³-hybridized carbons (Fsp3) is 0.273. The van der Waals surface area contributed by atoms with Crippen LogP contribution in [0.2, 0.25) is 5.02 Å². The summed E-state index contributed by atoms with van der Waals surface area (Å²) in [7, 11) is 0. The summed E-state index contributed by atoms with van der Waals surface area (Å²) in [6.07, 6.45) is 0. The Morgan fingerprint density at radius 2 is 2.12 bits per heavy atom. The molecule has 5 nitrogen and oxygen atoms in total. The van der Waals surface area contributed by atoms with Gasteiger partial charge in [-0.05, 0) is 37.6 Å². The third-order valence-corrected chi connectivity index (χ3v) is 2.52. The first-order chi connectivity index (χ1) is 7.95. The Hall–Kier alpha value is -1.75. The van der Waals surface area contributed by atoms with E-state index in [4.69, 9.17) is 28.2 Å². The van der Waals surface area contributed by atoms with Crippen LogP contribution in [0, 0.1) is 17.7 Å². The zero-order valence-electron chi connectivity index (χ0n) is 9.84. The lowest BCUT2D eigenvalue weighted by Crippen LogP contribution is -2.46. The number of halogens is 1. The molecule has 0 unspecified atom stereocenters. The molecular formula is C11H16ClN5. The van der Waals surface area contributed by atoms with E-state index < -0.39 is 0 Å². The number of benzene rings is 1. The highest BCUT2D eigenvalue weighted by molar-refractivity contribution is 6.30. The topological polar surface area (TPSA) is 89.0 Å². The molecule has 92 valence electrons. The highest BCUT2D eigenvalue weighted by Crippen LogP contribution is 2.23. The molecule has 1 rings (SSSR count). The molecule has 0 spiro atoms. The summed E-state index contributed by atoms with van der Waals surface area (Å²) in [5.41, 5.74) is 7.05. The van der Waals surface area contributed by atoms with Gasteiger partial charge in [0.15, 0.2) is 5.96 Å². The Labute approximate surface area is 106 Å². The second-order valence-electron chi connectivity index (χ2n) is 3.56. The van der Waals surface area contributed by atoms with Gasteiger partial charge in [0.05, 0.1) is 0 Å². The summed E-state index contributed by atoms with van der Waals surface area (Å²) in [6.45, 7) is 4.44.